The molecule has 1 unspecified atom stereocenters. The first kappa shape index (κ1) is 15.3. The number of para-hydroxylation sites is 1. The van der Waals surface area contributed by atoms with Crippen LogP contribution in [0, 0.1) is 5.92 Å². The Kier molecular flexibility index (Phi) is 4.14. The Morgan fingerprint density at radius 3 is 2.83 bits per heavy atom. The molecule has 6 heteroatoms. The number of rotatable bonds is 3. The van der Waals surface area contributed by atoms with Crippen LogP contribution < -0.4 is 15.8 Å². The Morgan fingerprint density at radius 1 is 1.30 bits per heavy atom. The molecule has 2 N–H and O–H groups in total. The maximum atomic E-state index is 12.8. The highest BCUT2D eigenvalue weighted by atomic mass is 16.2. The first-order valence-corrected chi connectivity index (χ1v) is 7.81. The summed E-state index contributed by atoms with van der Waals surface area (Å²) in [6.45, 7) is 4.60. The van der Waals surface area contributed by atoms with Crippen LogP contribution in [0.15, 0.2) is 41.3 Å². The van der Waals surface area contributed by atoms with Crippen molar-refractivity contribution in [1.29, 1.82) is 0 Å². The molecule has 0 spiro atoms. The number of benzene rings is 1. The normalized spacial score (nSPS) is 18.8. The van der Waals surface area contributed by atoms with Crippen LogP contribution in [-0.4, -0.2) is 21.9 Å². The Hall–Kier alpha value is -2.63. The van der Waals surface area contributed by atoms with E-state index in [-0.39, 0.29) is 17.4 Å². The van der Waals surface area contributed by atoms with Crippen molar-refractivity contribution in [3.05, 3.63) is 52.4 Å². The van der Waals surface area contributed by atoms with E-state index in [9.17, 15) is 9.59 Å². The van der Waals surface area contributed by atoms with E-state index in [0.29, 0.717) is 12.5 Å². The number of aromatic nitrogens is 2. The molecular formula is C17H20N4O2. The first-order chi connectivity index (χ1) is 11.1. The van der Waals surface area contributed by atoms with Gasteiger partial charge in [0.1, 0.15) is 6.04 Å². The van der Waals surface area contributed by atoms with Gasteiger partial charge in [0.25, 0.3) is 5.56 Å². The van der Waals surface area contributed by atoms with Crippen LogP contribution in [0.1, 0.15) is 25.8 Å². The number of carbonyl (C=O) groups excluding carboxylic acids is 1. The molecule has 120 valence electrons. The third kappa shape index (κ3) is 2.97. The second kappa shape index (κ2) is 6.24. The van der Waals surface area contributed by atoms with Gasteiger partial charge in [0.2, 0.25) is 11.9 Å². The van der Waals surface area contributed by atoms with E-state index in [0.717, 1.165) is 17.7 Å². The predicted molar refractivity (Wildman–Crippen MR) is 89.4 cm³/mol. The van der Waals surface area contributed by atoms with Gasteiger partial charge in [0, 0.05) is 24.5 Å². The van der Waals surface area contributed by atoms with Gasteiger partial charge in [-0.25, -0.2) is 4.98 Å². The van der Waals surface area contributed by atoms with Gasteiger partial charge < -0.3 is 10.2 Å². The van der Waals surface area contributed by atoms with Gasteiger partial charge in [-0.1, -0.05) is 38.5 Å². The Morgan fingerprint density at radius 2 is 2.09 bits per heavy atom. The van der Waals surface area contributed by atoms with Crippen LogP contribution in [0.3, 0.4) is 0 Å². The van der Waals surface area contributed by atoms with Crippen molar-refractivity contribution in [1.82, 2.24) is 9.97 Å². The fourth-order valence-electron chi connectivity index (χ4n) is 2.91. The SMILES string of the molecule is CCC(C)[C@H]1C(=O)Nc2ccccc2CN1c1nccc(=O)[nH]1. The largest absolute Gasteiger partial charge is 0.326 e. The van der Waals surface area contributed by atoms with Crippen molar-refractivity contribution in [3.63, 3.8) is 0 Å². The molecule has 0 radical (unpaired) electrons. The van der Waals surface area contributed by atoms with Gasteiger partial charge in [0.15, 0.2) is 0 Å². The fraction of sp³-hybridized carbons (Fsp3) is 0.353. The second-order valence-electron chi connectivity index (χ2n) is 5.86. The molecule has 1 amide bonds. The number of nitrogens with zero attached hydrogens (tertiary/aromatic N) is 2. The molecule has 1 aromatic heterocycles. The number of amides is 1. The predicted octanol–water partition coefficient (Wildman–Crippen LogP) is 2.14. The minimum Gasteiger partial charge on any atom is -0.326 e. The summed E-state index contributed by atoms with van der Waals surface area (Å²) in [6, 6.07) is 8.68. The summed E-state index contributed by atoms with van der Waals surface area (Å²) in [4.78, 5) is 33.3. The maximum Gasteiger partial charge on any atom is 0.252 e. The van der Waals surface area contributed by atoms with Crippen molar-refractivity contribution in [3.8, 4) is 0 Å². The molecule has 1 aromatic carbocycles. The van der Waals surface area contributed by atoms with Gasteiger partial charge >= 0.3 is 0 Å². The minimum absolute atomic E-state index is 0.0733. The number of H-pyrrole nitrogens is 1. The van der Waals surface area contributed by atoms with E-state index in [2.05, 4.69) is 22.2 Å². The second-order valence-corrected chi connectivity index (χ2v) is 5.86. The summed E-state index contributed by atoms with van der Waals surface area (Å²) in [5, 5.41) is 3.00. The number of fused-ring (bicyclic) bond motifs is 1. The third-order valence-corrected chi connectivity index (χ3v) is 4.33. The number of hydrogen-bond acceptors (Lipinski definition) is 4. The third-order valence-electron chi connectivity index (χ3n) is 4.33. The number of nitrogens with one attached hydrogen (secondary N) is 2. The lowest BCUT2D eigenvalue weighted by atomic mass is 9.97. The number of carbonyl (C=O) groups is 1. The summed E-state index contributed by atoms with van der Waals surface area (Å²) in [7, 11) is 0. The molecule has 0 fully saturated rings. The van der Waals surface area contributed by atoms with E-state index >= 15 is 0 Å². The van der Waals surface area contributed by atoms with Gasteiger partial charge in [-0.05, 0) is 17.5 Å². The minimum atomic E-state index is -0.391. The van der Waals surface area contributed by atoms with Crippen LogP contribution in [0.4, 0.5) is 11.6 Å². The monoisotopic (exact) mass is 312 g/mol. The first-order valence-electron chi connectivity index (χ1n) is 7.81. The van der Waals surface area contributed by atoms with E-state index < -0.39 is 6.04 Å². The molecule has 1 aliphatic heterocycles. The average Bonchev–Trinajstić information content (AvgIpc) is 2.70. The van der Waals surface area contributed by atoms with Crippen molar-refractivity contribution >= 4 is 17.5 Å². The summed E-state index contributed by atoms with van der Waals surface area (Å²) < 4.78 is 0. The molecule has 0 saturated carbocycles. The molecular weight excluding hydrogens is 292 g/mol. The van der Waals surface area contributed by atoms with Gasteiger partial charge in [0.05, 0.1) is 0 Å². The van der Waals surface area contributed by atoms with Crippen molar-refractivity contribution in [2.75, 3.05) is 10.2 Å². The lowest BCUT2D eigenvalue weighted by molar-refractivity contribution is -0.118. The van der Waals surface area contributed by atoms with Crippen molar-refractivity contribution in [2.24, 2.45) is 5.92 Å². The zero-order valence-corrected chi connectivity index (χ0v) is 13.2. The lowest BCUT2D eigenvalue weighted by Crippen LogP contribution is -2.47. The lowest BCUT2D eigenvalue weighted by Gasteiger charge is -2.32. The highest BCUT2D eigenvalue weighted by Gasteiger charge is 2.35. The quantitative estimate of drug-likeness (QED) is 0.910. The number of hydrogen-bond donors (Lipinski definition) is 2. The van der Waals surface area contributed by atoms with E-state index in [1.807, 2.05) is 36.1 Å². The summed E-state index contributed by atoms with van der Waals surface area (Å²) >= 11 is 0. The van der Waals surface area contributed by atoms with Crippen LogP contribution >= 0.6 is 0 Å². The maximum absolute atomic E-state index is 12.8. The topological polar surface area (TPSA) is 78.1 Å². The molecule has 0 aliphatic carbocycles. The molecule has 6 nitrogen and oxygen atoms in total. The molecule has 23 heavy (non-hydrogen) atoms. The Bertz CT molecular complexity index is 771. The van der Waals surface area contributed by atoms with Crippen LogP contribution in [-0.2, 0) is 11.3 Å². The zero-order valence-electron chi connectivity index (χ0n) is 13.2. The van der Waals surface area contributed by atoms with Crippen molar-refractivity contribution < 1.29 is 4.79 Å². The Balaban J connectivity index is 2.10. The molecule has 0 bridgehead atoms. The smallest absolute Gasteiger partial charge is 0.252 e. The summed E-state index contributed by atoms with van der Waals surface area (Å²) in [5.41, 5.74) is 1.58. The molecule has 1 aliphatic rings. The Labute approximate surface area is 134 Å². The van der Waals surface area contributed by atoms with Gasteiger partial charge in [-0.3, -0.25) is 14.6 Å². The number of anilines is 2. The molecule has 2 atom stereocenters. The highest BCUT2D eigenvalue weighted by molar-refractivity contribution is 5.98. The van der Waals surface area contributed by atoms with Gasteiger partial charge in [-0.2, -0.15) is 0 Å². The van der Waals surface area contributed by atoms with Crippen LogP contribution in [0.5, 0.6) is 0 Å². The fourth-order valence-corrected chi connectivity index (χ4v) is 2.91. The average molecular weight is 312 g/mol. The standard InChI is InChI=1S/C17H20N4O2/c1-3-11(2)15-16(23)19-13-7-5-4-6-12(13)10-21(15)17-18-9-8-14(22)20-17/h4-9,11,15H,3,10H2,1-2H3,(H,19,23)(H,18,20,22)/t11?,15-/m0/s1. The van der Waals surface area contributed by atoms with Crippen LogP contribution in [0.2, 0.25) is 0 Å². The van der Waals surface area contributed by atoms with E-state index in [1.54, 1.807) is 0 Å². The number of aromatic amines is 1. The molecule has 0 saturated heterocycles. The summed E-state index contributed by atoms with van der Waals surface area (Å²) in [6.07, 6.45) is 2.32. The molecule has 2 aromatic rings. The zero-order chi connectivity index (χ0) is 16.4. The van der Waals surface area contributed by atoms with Gasteiger partial charge in [-0.15, -0.1) is 0 Å². The van der Waals surface area contributed by atoms with E-state index in [1.165, 1.54) is 12.3 Å². The molecule has 2 heterocycles. The molecule has 3 rings (SSSR count). The summed E-state index contributed by atoms with van der Waals surface area (Å²) in [5.74, 6) is 0.472. The van der Waals surface area contributed by atoms with Crippen molar-refractivity contribution in [2.45, 2.75) is 32.9 Å². The highest BCUT2D eigenvalue weighted by Crippen LogP contribution is 2.29. The van der Waals surface area contributed by atoms with Crippen LogP contribution in [0.25, 0.3) is 0 Å². The van der Waals surface area contributed by atoms with E-state index in [4.69, 9.17) is 0 Å².